The van der Waals surface area contributed by atoms with Crippen molar-refractivity contribution in [3.8, 4) is 0 Å². The third-order valence-electron chi connectivity index (χ3n) is 3.54. The summed E-state index contributed by atoms with van der Waals surface area (Å²) in [5.74, 6) is 2.67. The van der Waals surface area contributed by atoms with E-state index in [9.17, 15) is 0 Å². The molecule has 1 atom stereocenters. The molecule has 2 fully saturated rings. The molecule has 0 aromatic carbocycles. The van der Waals surface area contributed by atoms with Gasteiger partial charge < -0.3 is 10.1 Å². The molecule has 16 heavy (non-hydrogen) atoms. The summed E-state index contributed by atoms with van der Waals surface area (Å²) in [6.45, 7) is 4.28. The smallest absolute Gasteiger partial charge is 0.0579 e. The van der Waals surface area contributed by atoms with Crippen LogP contribution in [0.3, 0.4) is 0 Å². The molecule has 2 rings (SSSR count). The number of hydrogen-bond donors (Lipinski definition) is 1. The van der Waals surface area contributed by atoms with E-state index in [4.69, 9.17) is 4.74 Å². The van der Waals surface area contributed by atoms with E-state index in [-0.39, 0.29) is 0 Å². The van der Waals surface area contributed by atoms with Gasteiger partial charge in [0.05, 0.1) is 12.2 Å². The molecule has 0 aromatic rings. The van der Waals surface area contributed by atoms with E-state index in [1.807, 2.05) is 0 Å². The SMILES string of the molecule is CC(C)OC1CCC(NC2CCSC2)CC1. The van der Waals surface area contributed by atoms with Crippen LogP contribution in [0.2, 0.25) is 0 Å². The maximum Gasteiger partial charge on any atom is 0.0579 e. The lowest BCUT2D eigenvalue weighted by Crippen LogP contribution is -2.41. The number of rotatable bonds is 4. The van der Waals surface area contributed by atoms with Crippen molar-refractivity contribution < 1.29 is 4.74 Å². The van der Waals surface area contributed by atoms with Crippen molar-refractivity contribution in [3.63, 3.8) is 0 Å². The van der Waals surface area contributed by atoms with Gasteiger partial charge in [0.15, 0.2) is 0 Å². The van der Waals surface area contributed by atoms with Gasteiger partial charge in [0.25, 0.3) is 0 Å². The van der Waals surface area contributed by atoms with Crippen molar-refractivity contribution in [1.82, 2.24) is 5.32 Å². The van der Waals surface area contributed by atoms with Crippen molar-refractivity contribution in [3.05, 3.63) is 0 Å². The van der Waals surface area contributed by atoms with Gasteiger partial charge in [0.2, 0.25) is 0 Å². The predicted octanol–water partition coefficient (Wildman–Crippen LogP) is 2.82. The average Bonchev–Trinajstić information content (AvgIpc) is 2.73. The highest BCUT2D eigenvalue weighted by Gasteiger charge is 2.25. The minimum Gasteiger partial charge on any atom is -0.376 e. The van der Waals surface area contributed by atoms with E-state index in [0.29, 0.717) is 12.2 Å². The Morgan fingerprint density at radius 2 is 1.81 bits per heavy atom. The van der Waals surface area contributed by atoms with E-state index >= 15 is 0 Å². The first kappa shape index (κ1) is 12.7. The zero-order valence-electron chi connectivity index (χ0n) is 10.6. The maximum atomic E-state index is 5.88. The number of ether oxygens (including phenoxy) is 1. The topological polar surface area (TPSA) is 21.3 Å². The first-order valence-electron chi connectivity index (χ1n) is 6.73. The molecule has 1 aliphatic carbocycles. The summed E-state index contributed by atoms with van der Waals surface area (Å²) < 4.78 is 5.88. The van der Waals surface area contributed by atoms with Gasteiger partial charge in [-0.25, -0.2) is 0 Å². The summed E-state index contributed by atoms with van der Waals surface area (Å²) in [7, 11) is 0. The Morgan fingerprint density at radius 1 is 1.06 bits per heavy atom. The van der Waals surface area contributed by atoms with E-state index in [1.54, 1.807) is 0 Å². The van der Waals surface area contributed by atoms with Crippen molar-refractivity contribution >= 4 is 11.8 Å². The number of hydrogen-bond acceptors (Lipinski definition) is 3. The summed E-state index contributed by atoms with van der Waals surface area (Å²) in [5.41, 5.74) is 0. The molecule has 2 aliphatic rings. The molecule has 0 spiro atoms. The monoisotopic (exact) mass is 243 g/mol. The summed E-state index contributed by atoms with van der Waals surface area (Å²) in [4.78, 5) is 0. The Labute approximate surface area is 104 Å². The van der Waals surface area contributed by atoms with Gasteiger partial charge in [0, 0.05) is 17.8 Å². The lowest BCUT2D eigenvalue weighted by molar-refractivity contribution is -0.0166. The second kappa shape index (κ2) is 6.27. The summed E-state index contributed by atoms with van der Waals surface area (Å²) in [6.07, 6.45) is 7.38. The minimum atomic E-state index is 0.390. The molecule has 1 N–H and O–H groups in total. The van der Waals surface area contributed by atoms with Crippen molar-refractivity contribution in [2.45, 2.75) is 70.2 Å². The minimum absolute atomic E-state index is 0.390. The average molecular weight is 243 g/mol. The van der Waals surface area contributed by atoms with Crippen LogP contribution in [-0.4, -0.2) is 35.8 Å². The largest absolute Gasteiger partial charge is 0.376 e. The van der Waals surface area contributed by atoms with Crippen LogP contribution in [0.15, 0.2) is 0 Å². The molecule has 0 bridgehead atoms. The summed E-state index contributed by atoms with van der Waals surface area (Å²) in [5, 5.41) is 3.82. The molecule has 2 nitrogen and oxygen atoms in total. The molecule has 0 aromatic heterocycles. The van der Waals surface area contributed by atoms with Crippen LogP contribution in [0.4, 0.5) is 0 Å². The number of thioether (sulfide) groups is 1. The highest BCUT2D eigenvalue weighted by Crippen LogP contribution is 2.25. The third-order valence-corrected chi connectivity index (χ3v) is 4.70. The first-order valence-corrected chi connectivity index (χ1v) is 7.88. The first-order chi connectivity index (χ1) is 7.74. The number of nitrogens with one attached hydrogen (secondary N) is 1. The molecule has 1 unspecified atom stereocenters. The molecule has 1 heterocycles. The fourth-order valence-corrected chi connectivity index (χ4v) is 3.92. The van der Waals surface area contributed by atoms with Gasteiger partial charge in [0.1, 0.15) is 0 Å². The molecule has 1 saturated carbocycles. The van der Waals surface area contributed by atoms with Gasteiger partial charge >= 0.3 is 0 Å². The lowest BCUT2D eigenvalue weighted by atomic mass is 9.92. The van der Waals surface area contributed by atoms with Crippen molar-refractivity contribution in [2.24, 2.45) is 0 Å². The fourth-order valence-electron chi connectivity index (χ4n) is 2.75. The normalized spacial score (nSPS) is 35.8. The zero-order chi connectivity index (χ0) is 11.4. The molecule has 94 valence electrons. The fraction of sp³-hybridized carbons (Fsp3) is 1.00. The van der Waals surface area contributed by atoms with Crippen molar-refractivity contribution in [2.75, 3.05) is 11.5 Å². The van der Waals surface area contributed by atoms with E-state index in [2.05, 4.69) is 30.9 Å². The van der Waals surface area contributed by atoms with Crippen LogP contribution >= 0.6 is 11.8 Å². The lowest BCUT2D eigenvalue weighted by Gasteiger charge is -2.31. The Kier molecular flexibility index (Phi) is 4.98. The molecule has 0 amide bonds. The van der Waals surface area contributed by atoms with E-state index < -0.39 is 0 Å². The van der Waals surface area contributed by atoms with Crippen LogP contribution in [0.5, 0.6) is 0 Å². The Hall–Kier alpha value is 0.270. The molecule has 0 radical (unpaired) electrons. The molecule has 1 saturated heterocycles. The second-order valence-corrected chi connectivity index (χ2v) is 6.54. The zero-order valence-corrected chi connectivity index (χ0v) is 11.4. The Morgan fingerprint density at radius 3 is 2.38 bits per heavy atom. The van der Waals surface area contributed by atoms with Gasteiger partial charge in [-0.1, -0.05) is 0 Å². The highest BCUT2D eigenvalue weighted by molar-refractivity contribution is 7.99. The van der Waals surface area contributed by atoms with Gasteiger partial charge in [-0.15, -0.1) is 0 Å². The van der Waals surface area contributed by atoms with Crippen LogP contribution in [0, 0.1) is 0 Å². The van der Waals surface area contributed by atoms with E-state index in [1.165, 1.54) is 43.6 Å². The second-order valence-electron chi connectivity index (χ2n) is 5.39. The maximum absolute atomic E-state index is 5.88. The quantitative estimate of drug-likeness (QED) is 0.820. The van der Waals surface area contributed by atoms with Crippen LogP contribution in [0.1, 0.15) is 46.0 Å². The Bertz CT molecular complexity index is 196. The standard InChI is InChI=1S/C13H25NOS/c1-10(2)15-13-5-3-11(4-6-13)14-12-7-8-16-9-12/h10-14H,3-9H2,1-2H3. The van der Waals surface area contributed by atoms with Gasteiger partial charge in [-0.3, -0.25) is 0 Å². The van der Waals surface area contributed by atoms with Crippen LogP contribution in [0.25, 0.3) is 0 Å². The van der Waals surface area contributed by atoms with E-state index in [0.717, 1.165) is 12.1 Å². The Balaban J connectivity index is 1.64. The molecule has 1 aliphatic heterocycles. The summed E-state index contributed by atoms with van der Waals surface area (Å²) >= 11 is 2.09. The molecular weight excluding hydrogens is 218 g/mol. The third kappa shape index (κ3) is 3.94. The highest BCUT2D eigenvalue weighted by atomic mass is 32.2. The van der Waals surface area contributed by atoms with Gasteiger partial charge in [-0.05, 0) is 51.7 Å². The van der Waals surface area contributed by atoms with Crippen LogP contribution < -0.4 is 5.32 Å². The van der Waals surface area contributed by atoms with Gasteiger partial charge in [-0.2, -0.15) is 11.8 Å². The molecular formula is C13H25NOS. The summed E-state index contributed by atoms with van der Waals surface area (Å²) in [6, 6.07) is 1.55. The van der Waals surface area contributed by atoms with Crippen molar-refractivity contribution in [1.29, 1.82) is 0 Å². The predicted molar refractivity (Wildman–Crippen MR) is 71.1 cm³/mol. The van der Waals surface area contributed by atoms with Crippen LogP contribution in [-0.2, 0) is 4.74 Å². The molecule has 3 heteroatoms.